The van der Waals surface area contributed by atoms with Gasteiger partial charge < -0.3 is 5.73 Å². The predicted octanol–water partition coefficient (Wildman–Crippen LogP) is 1.72. The third-order valence-electron chi connectivity index (χ3n) is 2.01. The number of nitrogens with two attached hydrogens (primary N) is 1. The molecule has 0 heterocycles. The van der Waals surface area contributed by atoms with Crippen molar-refractivity contribution in [2.45, 2.75) is 19.9 Å². The van der Waals surface area contributed by atoms with E-state index < -0.39 is 0 Å². The molecule has 0 unspecified atom stereocenters. The van der Waals surface area contributed by atoms with Crippen molar-refractivity contribution < 1.29 is 0 Å². The molecule has 0 aliphatic rings. The molecule has 1 aromatic carbocycles. The van der Waals surface area contributed by atoms with Crippen molar-refractivity contribution >= 4 is 12.7 Å². The standard InChI is InChI=1S/C11H15N.C2H4/c1-4-10-8(2)6-5-7-11(10)9(3)12;1-2/h4-7,9H,2,12H2,1,3H3;1-2H2/b10-4+;/t9-;/m1./s1. The molecule has 2 N–H and O–H groups in total. The molecule has 0 spiro atoms. The molecule has 1 nitrogen and oxygen atoms in total. The van der Waals surface area contributed by atoms with E-state index in [1.165, 1.54) is 10.8 Å². The Balaban J connectivity index is 0.000000791. The Bertz CT molecular complexity index is 377. The maximum Gasteiger partial charge on any atom is 0.0272 e. The van der Waals surface area contributed by atoms with Gasteiger partial charge in [-0.25, -0.2) is 0 Å². The van der Waals surface area contributed by atoms with E-state index in [4.69, 9.17) is 5.73 Å². The molecule has 1 atom stereocenters. The van der Waals surface area contributed by atoms with Crippen LogP contribution in [-0.2, 0) is 0 Å². The van der Waals surface area contributed by atoms with E-state index in [1.54, 1.807) is 0 Å². The van der Waals surface area contributed by atoms with Crippen LogP contribution in [-0.4, -0.2) is 0 Å². The summed E-state index contributed by atoms with van der Waals surface area (Å²) in [5.74, 6) is 0. The zero-order valence-electron chi connectivity index (χ0n) is 9.09. The van der Waals surface area contributed by atoms with E-state index >= 15 is 0 Å². The molecule has 0 aliphatic heterocycles. The molecular formula is C13H19N. The van der Waals surface area contributed by atoms with Crippen molar-refractivity contribution in [3.8, 4) is 0 Å². The summed E-state index contributed by atoms with van der Waals surface area (Å²) < 4.78 is 0. The summed E-state index contributed by atoms with van der Waals surface area (Å²) in [6.07, 6.45) is 2.06. The van der Waals surface area contributed by atoms with Crippen LogP contribution < -0.4 is 16.2 Å². The van der Waals surface area contributed by atoms with Gasteiger partial charge in [0.1, 0.15) is 0 Å². The fourth-order valence-electron chi connectivity index (χ4n) is 1.38. The van der Waals surface area contributed by atoms with Gasteiger partial charge in [0.15, 0.2) is 0 Å². The first-order valence-corrected chi connectivity index (χ1v) is 4.66. The number of hydrogen-bond donors (Lipinski definition) is 1. The topological polar surface area (TPSA) is 26.0 Å². The molecule has 0 fully saturated rings. The van der Waals surface area contributed by atoms with Crippen LogP contribution in [0, 0.1) is 0 Å². The highest BCUT2D eigenvalue weighted by atomic mass is 14.6. The Labute approximate surface area is 86.3 Å². The number of benzene rings is 1. The molecule has 0 amide bonds. The largest absolute Gasteiger partial charge is 0.324 e. The van der Waals surface area contributed by atoms with Gasteiger partial charge in [-0.05, 0) is 29.8 Å². The lowest BCUT2D eigenvalue weighted by Gasteiger charge is -2.06. The Kier molecular flexibility index (Phi) is 5.58. The minimum absolute atomic E-state index is 0.0814. The van der Waals surface area contributed by atoms with E-state index in [0.29, 0.717) is 0 Å². The lowest BCUT2D eigenvalue weighted by Crippen LogP contribution is -2.29. The third-order valence-corrected chi connectivity index (χ3v) is 2.01. The van der Waals surface area contributed by atoms with Crippen molar-refractivity contribution in [1.82, 2.24) is 0 Å². The lowest BCUT2D eigenvalue weighted by atomic mass is 10.0. The second-order valence-corrected chi connectivity index (χ2v) is 3.00. The van der Waals surface area contributed by atoms with Gasteiger partial charge in [0, 0.05) is 6.04 Å². The summed E-state index contributed by atoms with van der Waals surface area (Å²) >= 11 is 0. The van der Waals surface area contributed by atoms with Crippen LogP contribution in [0.1, 0.15) is 25.5 Å². The Morgan fingerprint density at radius 2 is 1.93 bits per heavy atom. The highest BCUT2D eigenvalue weighted by Crippen LogP contribution is 2.00. The average Bonchev–Trinajstić information content (AvgIpc) is 2.20. The van der Waals surface area contributed by atoms with E-state index in [1.807, 2.05) is 26.0 Å². The predicted molar refractivity (Wildman–Crippen MR) is 65.2 cm³/mol. The maximum absolute atomic E-state index is 5.81. The minimum atomic E-state index is 0.0814. The van der Waals surface area contributed by atoms with Crippen LogP contribution in [0.4, 0.5) is 0 Å². The van der Waals surface area contributed by atoms with Crippen LogP contribution in [0.3, 0.4) is 0 Å². The van der Waals surface area contributed by atoms with Crippen LogP contribution in [0.15, 0.2) is 31.4 Å². The summed E-state index contributed by atoms with van der Waals surface area (Å²) in [6.45, 7) is 13.9. The summed E-state index contributed by atoms with van der Waals surface area (Å²) in [5, 5.41) is 2.22. The highest BCUT2D eigenvalue weighted by molar-refractivity contribution is 5.32. The van der Waals surface area contributed by atoms with Crippen LogP contribution >= 0.6 is 0 Å². The molecule has 1 rings (SSSR count). The molecule has 1 aromatic rings. The van der Waals surface area contributed by atoms with E-state index in [9.17, 15) is 0 Å². The molecule has 76 valence electrons. The minimum Gasteiger partial charge on any atom is -0.324 e. The summed E-state index contributed by atoms with van der Waals surface area (Å²) in [7, 11) is 0. The average molecular weight is 189 g/mol. The van der Waals surface area contributed by atoms with Gasteiger partial charge in [-0.3, -0.25) is 0 Å². The van der Waals surface area contributed by atoms with Crippen molar-refractivity contribution in [3.05, 3.63) is 47.4 Å². The summed E-state index contributed by atoms with van der Waals surface area (Å²) in [4.78, 5) is 0. The van der Waals surface area contributed by atoms with Crippen LogP contribution in [0.25, 0.3) is 12.7 Å². The van der Waals surface area contributed by atoms with Crippen molar-refractivity contribution in [2.24, 2.45) is 5.73 Å². The smallest absolute Gasteiger partial charge is 0.0272 e. The molecule has 1 heteroatoms. The molecule has 14 heavy (non-hydrogen) atoms. The SMILES string of the molecule is C=C.C=c1cccc([C@@H](C)N)/c1=C/C. The molecule has 0 radical (unpaired) electrons. The summed E-state index contributed by atoms with van der Waals surface area (Å²) in [6, 6.07) is 6.13. The molecular weight excluding hydrogens is 170 g/mol. The zero-order valence-corrected chi connectivity index (χ0v) is 9.09. The second-order valence-electron chi connectivity index (χ2n) is 3.00. The van der Waals surface area contributed by atoms with Gasteiger partial charge in [0.05, 0.1) is 0 Å². The second kappa shape index (κ2) is 6.17. The van der Waals surface area contributed by atoms with Gasteiger partial charge in [-0.2, -0.15) is 0 Å². The van der Waals surface area contributed by atoms with Gasteiger partial charge in [-0.1, -0.05) is 30.9 Å². The fourth-order valence-corrected chi connectivity index (χ4v) is 1.38. The Morgan fingerprint density at radius 3 is 2.29 bits per heavy atom. The maximum atomic E-state index is 5.81. The number of hydrogen-bond acceptors (Lipinski definition) is 1. The fraction of sp³-hybridized carbons (Fsp3) is 0.231. The first-order chi connectivity index (χ1) is 6.66. The Hall–Kier alpha value is -1.34. The first kappa shape index (κ1) is 12.7. The van der Waals surface area contributed by atoms with Crippen LogP contribution in [0.2, 0.25) is 0 Å². The van der Waals surface area contributed by atoms with Gasteiger partial charge in [-0.15, -0.1) is 13.2 Å². The van der Waals surface area contributed by atoms with Crippen molar-refractivity contribution in [1.29, 1.82) is 0 Å². The molecule has 0 aromatic heterocycles. The van der Waals surface area contributed by atoms with E-state index in [2.05, 4.69) is 31.9 Å². The highest BCUT2D eigenvalue weighted by Gasteiger charge is 1.99. The van der Waals surface area contributed by atoms with Crippen molar-refractivity contribution in [2.75, 3.05) is 0 Å². The van der Waals surface area contributed by atoms with Gasteiger partial charge in [0.2, 0.25) is 0 Å². The first-order valence-electron chi connectivity index (χ1n) is 4.66. The van der Waals surface area contributed by atoms with Gasteiger partial charge in [0.25, 0.3) is 0 Å². The quantitative estimate of drug-likeness (QED) is 0.669. The van der Waals surface area contributed by atoms with Gasteiger partial charge >= 0.3 is 0 Å². The zero-order chi connectivity index (χ0) is 11.1. The molecule has 0 saturated carbocycles. The molecule has 0 bridgehead atoms. The lowest BCUT2D eigenvalue weighted by molar-refractivity contribution is 0.810. The Morgan fingerprint density at radius 1 is 1.36 bits per heavy atom. The summed E-state index contributed by atoms with van der Waals surface area (Å²) in [5.41, 5.74) is 6.98. The van der Waals surface area contributed by atoms with Crippen molar-refractivity contribution in [3.63, 3.8) is 0 Å². The molecule has 0 saturated heterocycles. The van der Waals surface area contributed by atoms with Crippen LogP contribution in [0.5, 0.6) is 0 Å². The number of rotatable bonds is 1. The normalized spacial score (nSPS) is 12.9. The third kappa shape index (κ3) is 2.86. The molecule has 0 aliphatic carbocycles. The monoisotopic (exact) mass is 189 g/mol. The van der Waals surface area contributed by atoms with E-state index in [0.717, 1.165) is 5.22 Å². The van der Waals surface area contributed by atoms with E-state index in [-0.39, 0.29) is 6.04 Å².